The van der Waals surface area contributed by atoms with Gasteiger partial charge in [0.25, 0.3) is 0 Å². The number of aromatic nitrogens is 1. The minimum Gasteiger partial charge on any atom is -0.497 e. The van der Waals surface area contributed by atoms with Crippen LogP contribution in [0.5, 0.6) is 5.75 Å². The summed E-state index contributed by atoms with van der Waals surface area (Å²) in [5.41, 5.74) is 1.62. The van der Waals surface area contributed by atoms with E-state index >= 15 is 0 Å². The lowest BCUT2D eigenvalue weighted by Gasteiger charge is -2.05. The molecule has 0 aliphatic carbocycles. The Morgan fingerprint density at radius 2 is 1.90 bits per heavy atom. The van der Waals surface area contributed by atoms with Crippen molar-refractivity contribution in [2.75, 3.05) is 7.11 Å². The van der Waals surface area contributed by atoms with Crippen LogP contribution in [0.4, 0.5) is 0 Å². The maximum atomic E-state index is 12.1. The molecule has 4 rings (SSSR count). The van der Waals surface area contributed by atoms with Gasteiger partial charge in [0.05, 0.1) is 23.5 Å². The van der Waals surface area contributed by atoms with E-state index in [-0.39, 0.29) is 5.63 Å². The molecule has 2 aromatic heterocycles. The largest absolute Gasteiger partial charge is 0.497 e. The van der Waals surface area contributed by atoms with Gasteiger partial charge in [0.2, 0.25) is 0 Å². The van der Waals surface area contributed by atoms with Crippen molar-refractivity contribution < 1.29 is 9.15 Å². The molecule has 0 spiro atoms. The molecule has 0 N–H and O–H groups in total. The molecule has 102 valence electrons. The molecule has 4 heteroatoms. The van der Waals surface area contributed by atoms with E-state index in [0.717, 1.165) is 22.0 Å². The van der Waals surface area contributed by atoms with E-state index < -0.39 is 0 Å². The van der Waals surface area contributed by atoms with Gasteiger partial charge < -0.3 is 9.15 Å². The van der Waals surface area contributed by atoms with Gasteiger partial charge >= 0.3 is 5.63 Å². The van der Waals surface area contributed by atoms with Crippen molar-refractivity contribution in [3.63, 3.8) is 0 Å². The zero-order chi connectivity index (χ0) is 14.4. The second-order valence-corrected chi connectivity index (χ2v) is 4.83. The Morgan fingerprint density at radius 3 is 2.76 bits per heavy atom. The fraction of sp³-hybridized carbons (Fsp3) is 0.0588. The van der Waals surface area contributed by atoms with Gasteiger partial charge in [-0.15, -0.1) is 0 Å². The van der Waals surface area contributed by atoms with Crippen molar-refractivity contribution in [2.24, 2.45) is 0 Å². The fourth-order valence-electron chi connectivity index (χ4n) is 2.54. The van der Waals surface area contributed by atoms with Crippen LogP contribution in [0.2, 0.25) is 0 Å². The summed E-state index contributed by atoms with van der Waals surface area (Å²) >= 11 is 0. The summed E-state index contributed by atoms with van der Waals surface area (Å²) in [5.74, 6) is 0.738. The van der Waals surface area contributed by atoms with E-state index in [4.69, 9.17) is 9.15 Å². The van der Waals surface area contributed by atoms with Crippen LogP contribution in [0.3, 0.4) is 0 Å². The maximum absolute atomic E-state index is 12.1. The van der Waals surface area contributed by atoms with Crippen molar-refractivity contribution in [3.8, 4) is 5.75 Å². The highest BCUT2D eigenvalue weighted by Gasteiger charge is 2.10. The monoisotopic (exact) mass is 277 g/mol. The molecule has 2 heterocycles. The Hall–Kier alpha value is -2.88. The van der Waals surface area contributed by atoms with E-state index in [0.29, 0.717) is 16.5 Å². The molecule has 0 atom stereocenters. The zero-order valence-electron chi connectivity index (χ0n) is 11.3. The first-order valence-corrected chi connectivity index (χ1v) is 6.56. The Labute approximate surface area is 119 Å². The Morgan fingerprint density at radius 1 is 1.05 bits per heavy atom. The molecule has 0 unspecified atom stereocenters. The quantitative estimate of drug-likeness (QED) is 0.303. The summed E-state index contributed by atoms with van der Waals surface area (Å²) in [7, 11) is 1.62. The van der Waals surface area contributed by atoms with Gasteiger partial charge in [-0.3, -0.25) is 0 Å². The molecule has 2 aromatic carbocycles. The first kappa shape index (κ1) is 11.9. The molecule has 4 aromatic rings. The number of methoxy groups -OCH3 is 1. The molecular weight excluding hydrogens is 266 g/mol. The van der Waals surface area contributed by atoms with Gasteiger partial charge in [-0.1, -0.05) is 12.1 Å². The average molecular weight is 277 g/mol. The molecule has 4 nitrogen and oxygen atoms in total. The lowest BCUT2D eigenvalue weighted by atomic mass is 10.1. The van der Waals surface area contributed by atoms with Crippen LogP contribution in [0, 0.1) is 0 Å². The van der Waals surface area contributed by atoms with Crippen molar-refractivity contribution in [3.05, 3.63) is 59.0 Å². The van der Waals surface area contributed by atoms with E-state index in [1.165, 1.54) is 0 Å². The second-order valence-electron chi connectivity index (χ2n) is 4.83. The summed E-state index contributed by atoms with van der Waals surface area (Å²) in [6, 6.07) is 14.8. The maximum Gasteiger partial charge on any atom is 0.345 e. The number of benzene rings is 2. The Kier molecular flexibility index (Phi) is 2.44. The lowest BCUT2D eigenvalue weighted by Crippen LogP contribution is -2.01. The number of ether oxygens (including phenoxy) is 1. The lowest BCUT2D eigenvalue weighted by molar-refractivity contribution is 0.415. The van der Waals surface area contributed by atoms with E-state index in [1.54, 1.807) is 13.2 Å². The van der Waals surface area contributed by atoms with Gasteiger partial charge in [-0.25, -0.2) is 9.78 Å². The van der Waals surface area contributed by atoms with Gasteiger partial charge in [0.1, 0.15) is 11.3 Å². The summed E-state index contributed by atoms with van der Waals surface area (Å²) in [6.45, 7) is 0. The molecule has 21 heavy (non-hydrogen) atoms. The van der Waals surface area contributed by atoms with Gasteiger partial charge in [-0.05, 0) is 30.3 Å². The number of pyridine rings is 1. The first-order chi connectivity index (χ1) is 10.3. The minimum atomic E-state index is -0.367. The van der Waals surface area contributed by atoms with Crippen LogP contribution in [-0.4, -0.2) is 12.1 Å². The van der Waals surface area contributed by atoms with Crippen molar-refractivity contribution >= 4 is 32.8 Å². The predicted octanol–water partition coefficient (Wildman–Crippen LogP) is 3.50. The Bertz CT molecular complexity index is 1050. The molecule has 0 radical (unpaired) electrons. The van der Waals surface area contributed by atoms with Gasteiger partial charge in [0.15, 0.2) is 0 Å². The van der Waals surface area contributed by atoms with Crippen molar-refractivity contribution in [1.29, 1.82) is 0 Å². The standard InChI is InChI=1S/C17H11NO3/c1-20-11-7-6-10-8-13-16(18-14(10)9-11)12-4-2-3-5-15(12)21-17(13)19/h2-9H,1H3. The summed E-state index contributed by atoms with van der Waals surface area (Å²) in [5, 5.41) is 2.20. The third kappa shape index (κ3) is 1.76. The van der Waals surface area contributed by atoms with Crippen LogP contribution in [0.1, 0.15) is 0 Å². The number of hydrogen-bond donors (Lipinski definition) is 0. The highest BCUT2D eigenvalue weighted by atomic mass is 16.5. The topological polar surface area (TPSA) is 52.3 Å². The minimum absolute atomic E-state index is 0.367. The molecule has 0 aliphatic heterocycles. The second kappa shape index (κ2) is 4.31. The SMILES string of the molecule is COc1ccc2cc3c(=O)oc4ccccc4c3nc2c1. The molecule has 0 amide bonds. The average Bonchev–Trinajstić information content (AvgIpc) is 2.53. The number of rotatable bonds is 1. The van der Waals surface area contributed by atoms with Crippen molar-refractivity contribution in [1.82, 2.24) is 4.98 Å². The summed E-state index contributed by atoms with van der Waals surface area (Å²) in [4.78, 5) is 16.8. The summed E-state index contributed by atoms with van der Waals surface area (Å²) < 4.78 is 10.6. The van der Waals surface area contributed by atoms with Crippen LogP contribution in [0.25, 0.3) is 32.8 Å². The summed E-state index contributed by atoms with van der Waals surface area (Å²) in [6.07, 6.45) is 0. The highest BCUT2D eigenvalue weighted by Crippen LogP contribution is 2.26. The van der Waals surface area contributed by atoms with E-state index in [9.17, 15) is 4.79 Å². The van der Waals surface area contributed by atoms with Crippen LogP contribution in [-0.2, 0) is 0 Å². The van der Waals surface area contributed by atoms with Crippen LogP contribution < -0.4 is 10.4 Å². The molecule has 0 saturated carbocycles. The van der Waals surface area contributed by atoms with E-state index in [1.807, 2.05) is 42.5 Å². The first-order valence-electron chi connectivity index (χ1n) is 6.56. The van der Waals surface area contributed by atoms with Crippen LogP contribution in [0.15, 0.2) is 57.7 Å². The van der Waals surface area contributed by atoms with Crippen molar-refractivity contribution in [2.45, 2.75) is 0 Å². The van der Waals surface area contributed by atoms with Crippen LogP contribution >= 0.6 is 0 Å². The van der Waals surface area contributed by atoms with Gasteiger partial charge in [-0.2, -0.15) is 0 Å². The van der Waals surface area contributed by atoms with E-state index in [2.05, 4.69) is 4.98 Å². The molecule has 0 aliphatic rings. The molecule has 0 bridgehead atoms. The fourth-order valence-corrected chi connectivity index (χ4v) is 2.54. The third-order valence-electron chi connectivity index (χ3n) is 3.59. The Balaban J connectivity index is 2.23. The normalized spacial score (nSPS) is 11.3. The number of fused-ring (bicyclic) bond motifs is 4. The number of para-hydroxylation sites is 1. The molecular formula is C17H11NO3. The molecule has 0 fully saturated rings. The number of hydrogen-bond acceptors (Lipinski definition) is 4. The highest BCUT2D eigenvalue weighted by molar-refractivity contribution is 6.05. The smallest absolute Gasteiger partial charge is 0.345 e. The predicted molar refractivity (Wildman–Crippen MR) is 81.8 cm³/mol. The third-order valence-corrected chi connectivity index (χ3v) is 3.59. The zero-order valence-corrected chi connectivity index (χ0v) is 11.3. The van der Waals surface area contributed by atoms with Gasteiger partial charge in [0, 0.05) is 16.8 Å². The molecule has 0 saturated heterocycles. The number of nitrogens with zero attached hydrogens (tertiary/aromatic N) is 1.